The van der Waals surface area contributed by atoms with Crippen LogP contribution in [0.15, 0.2) is 12.1 Å². The number of rotatable bonds is 3. The number of aromatic nitrogens is 1. The fraction of sp³-hybridized carbons (Fsp3) is 0.615. The van der Waals surface area contributed by atoms with Crippen LogP contribution in [0.25, 0.3) is 0 Å². The highest BCUT2D eigenvalue weighted by Crippen LogP contribution is 2.29. The van der Waals surface area contributed by atoms with Crippen molar-refractivity contribution in [1.82, 2.24) is 4.98 Å². The van der Waals surface area contributed by atoms with Gasteiger partial charge < -0.3 is 20.5 Å². The van der Waals surface area contributed by atoms with Gasteiger partial charge in [-0.25, -0.2) is 0 Å². The first-order valence-corrected chi connectivity index (χ1v) is 6.28. The maximum absolute atomic E-state index is 9.97. The van der Waals surface area contributed by atoms with Gasteiger partial charge in [-0.1, -0.05) is 0 Å². The lowest BCUT2D eigenvalue weighted by atomic mass is 10.1. The van der Waals surface area contributed by atoms with Gasteiger partial charge in [0.2, 0.25) is 5.88 Å². The summed E-state index contributed by atoms with van der Waals surface area (Å²) < 4.78 is 5.57. The zero-order chi connectivity index (χ0) is 13.3. The number of anilines is 2. The first kappa shape index (κ1) is 13.0. The molecule has 1 aliphatic rings. The maximum Gasteiger partial charge on any atom is 0.239 e. The fourth-order valence-corrected chi connectivity index (χ4v) is 2.08. The highest BCUT2D eigenvalue weighted by molar-refractivity contribution is 5.55. The summed E-state index contributed by atoms with van der Waals surface area (Å²) in [6.45, 7) is 7.11. The molecule has 0 radical (unpaired) electrons. The minimum atomic E-state index is -0.637. The van der Waals surface area contributed by atoms with Crippen molar-refractivity contribution < 1.29 is 9.84 Å². The number of nitrogens with two attached hydrogens (primary N) is 1. The highest BCUT2D eigenvalue weighted by atomic mass is 16.5. The Bertz CT molecular complexity index is 432. The van der Waals surface area contributed by atoms with Crippen LogP contribution in [-0.4, -0.2) is 34.9 Å². The van der Waals surface area contributed by atoms with Crippen LogP contribution in [0, 0.1) is 0 Å². The van der Waals surface area contributed by atoms with Crippen molar-refractivity contribution >= 4 is 11.5 Å². The molecular weight excluding hydrogens is 230 g/mol. The van der Waals surface area contributed by atoms with E-state index >= 15 is 0 Å². The molecule has 18 heavy (non-hydrogen) atoms. The van der Waals surface area contributed by atoms with E-state index in [1.54, 1.807) is 6.07 Å². The third kappa shape index (κ3) is 2.85. The Hall–Kier alpha value is -1.49. The lowest BCUT2D eigenvalue weighted by molar-refractivity contribution is 0.0839. The van der Waals surface area contributed by atoms with Crippen molar-refractivity contribution in [2.75, 3.05) is 23.7 Å². The summed E-state index contributed by atoms with van der Waals surface area (Å²) >= 11 is 0. The number of nitrogens with zero attached hydrogens (tertiary/aromatic N) is 2. The number of pyridine rings is 1. The van der Waals surface area contributed by atoms with E-state index in [-0.39, 0.29) is 6.10 Å². The summed E-state index contributed by atoms with van der Waals surface area (Å²) in [4.78, 5) is 6.48. The number of β-amino-alcohol motifs (C(OH)–C–C–N with tert-alkyl or cyclic N) is 1. The molecule has 1 saturated heterocycles. The molecule has 3 N–H and O–H groups in total. The Balaban J connectivity index is 2.19. The van der Waals surface area contributed by atoms with Crippen LogP contribution in [0.4, 0.5) is 11.5 Å². The van der Waals surface area contributed by atoms with Crippen LogP contribution in [0.5, 0.6) is 5.88 Å². The highest BCUT2D eigenvalue weighted by Gasteiger charge is 2.32. The van der Waals surface area contributed by atoms with Crippen LogP contribution in [-0.2, 0) is 0 Å². The lowest BCUT2D eigenvalue weighted by Crippen LogP contribution is -2.30. The molecule has 0 aromatic carbocycles. The second kappa shape index (κ2) is 4.65. The van der Waals surface area contributed by atoms with E-state index in [2.05, 4.69) is 4.98 Å². The van der Waals surface area contributed by atoms with Crippen LogP contribution < -0.4 is 15.4 Å². The lowest BCUT2D eigenvalue weighted by Gasteiger charge is -2.21. The van der Waals surface area contributed by atoms with Gasteiger partial charge in [0.25, 0.3) is 0 Å². The van der Waals surface area contributed by atoms with Crippen molar-refractivity contribution in [3.8, 4) is 5.88 Å². The fourth-order valence-electron chi connectivity index (χ4n) is 2.08. The molecule has 2 rings (SSSR count). The predicted molar refractivity (Wildman–Crippen MR) is 71.9 cm³/mol. The molecule has 2 heterocycles. The summed E-state index contributed by atoms with van der Waals surface area (Å²) in [6.07, 6.45) is 0.788. The van der Waals surface area contributed by atoms with Crippen molar-refractivity contribution in [2.45, 2.75) is 38.9 Å². The number of ether oxygens (including phenoxy) is 1. The van der Waals surface area contributed by atoms with Crippen LogP contribution in [0.2, 0.25) is 0 Å². The molecule has 1 unspecified atom stereocenters. The Morgan fingerprint density at radius 2 is 2.22 bits per heavy atom. The van der Waals surface area contributed by atoms with Crippen molar-refractivity contribution in [1.29, 1.82) is 0 Å². The van der Waals surface area contributed by atoms with E-state index in [1.165, 1.54) is 0 Å². The summed E-state index contributed by atoms with van der Waals surface area (Å²) in [5.74, 6) is 1.27. The van der Waals surface area contributed by atoms with Crippen LogP contribution >= 0.6 is 0 Å². The molecule has 100 valence electrons. The molecule has 0 spiro atoms. The summed E-state index contributed by atoms with van der Waals surface area (Å²) in [6, 6.07) is 3.66. The zero-order valence-corrected chi connectivity index (χ0v) is 11.2. The van der Waals surface area contributed by atoms with Gasteiger partial charge in [0, 0.05) is 13.1 Å². The van der Waals surface area contributed by atoms with E-state index in [1.807, 2.05) is 31.7 Å². The normalized spacial score (nSPS) is 23.7. The van der Waals surface area contributed by atoms with Gasteiger partial charge in [0.05, 0.1) is 17.4 Å². The van der Waals surface area contributed by atoms with Crippen molar-refractivity contribution in [3.05, 3.63) is 12.1 Å². The third-order valence-corrected chi connectivity index (χ3v) is 3.00. The molecule has 0 aliphatic carbocycles. The number of hydrogen-bond acceptors (Lipinski definition) is 5. The predicted octanol–water partition coefficient (Wildman–Crippen LogP) is 1.41. The molecule has 0 amide bonds. The van der Waals surface area contributed by atoms with Gasteiger partial charge in [-0.2, -0.15) is 4.98 Å². The van der Waals surface area contributed by atoms with Gasteiger partial charge in [0.15, 0.2) is 0 Å². The zero-order valence-electron chi connectivity index (χ0n) is 11.2. The largest absolute Gasteiger partial charge is 0.473 e. The van der Waals surface area contributed by atoms with E-state index in [4.69, 9.17) is 10.5 Å². The standard InChI is InChI=1S/C13H21N3O2/c1-9(2)18-12-10(14)4-5-11(15-12)16-7-6-13(3,17)8-16/h4-5,9,17H,6-8,14H2,1-3H3. The number of nitrogen functional groups attached to an aromatic ring is 1. The molecule has 1 aromatic rings. The summed E-state index contributed by atoms with van der Waals surface area (Å²) in [5.41, 5.74) is 5.74. The average molecular weight is 251 g/mol. The average Bonchev–Trinajstić information content (AvgIpc) is 2.61. The molecule has 1 fully saturated rings. The Kier molecular flexibility index (Phi) is 3.34. The maximum atomic E-state index is 9.97. The molecule has 0 saturated carbocycles. The topological polar surface area (TPSA) is 71.6 Å². The molecular formula is C13H21N3O2. The monoisotopic (exact) mass is 251 g/mol. The molecule has 5 heteroatoms. The number of hydrogen-bond donors (Lipinski definition) is 2. The van der Waals surface area contributed by atoms with Gasteiger partial charge in [-0.3, -0.25) is 0 Å². The molecule has 1 aliphatic heterocycles. The van der Waals surface area contributed by atoms with E-state index < -0.39 is 5.60 Å². The van der Waals surface area contributed by atoms with E-state index in [0.29, 0.717) is 18.1 Å². The molecule has 0 bridgehead atoms. The van der Waals surface area contributed by atoms with Crippen LogP contribution in [0.1, 0.15) is 27.2 Å². The Morgan fingerprint density at radius 1 is 1.50 bits per heavy atom. The van der Waals surface area contributed by atoms with E-state index in [0.717, 1.165) is 18.8 Å². The quantitative estimate of drug-likeness (QED) is 0.850. The second-order valence-corrected chi connectivity index (χ2v) is 5.40. The van der Waals surface area contributed by atoms with Gasteiger partial charge in [0.1, 0.15) is 5.82 Å². The Labute approximate surface area is 108 Å². The van der Waals surface area contributed by atoms with Crippen molar-refractivity contribution in [3.63, 3.8) is 0 Å². The SMILES string of the molecule is CC(C)Oc1nc(N2CCC(C)(O)C2)ccc1N. The van der Waals surface area contributed by atoms with E-state index in [9.17, 15) is 5.11 Å². The summed E-state index contributed by atoms with van der Waals surface area (Å²) in [7, 11) is 0. The molecule has 1 aromatic heterocycles. The second-order valence-electron chi connectivity index (χ2n) is 5.40. The summed E-state index contributed by atoms with van der Waals surface area (Å²) in [5, 5.41) is 9.97. The third-order valence-electron chi connectivity index (χ3n) is 3.00. The minimum Gasteiger partial charge on any atom is -0.473 e. The van der Waals surface area contributed by atoms with Crippen molar-refractivity contribution in [2.24, 2.45) is 0 Å². The smallest absolute Gasteiger partial charge is 0.239 e. The molecule has 5 nitrogen and oxygen atoms in total. The van der Waals surface area contributed by atoms with Gasteiger partial charge in [-0.05, 0) is 39.3 Å². The number of aliphatic hydroxyl groups is 1. The minimum absolute atomic E-state index is 0.0386. The first-order chi connectivity index (χ1) is 8.37. The van der Waals surface area contributed by atoms with Gasteiger partial charge >= 0.3 is 0 Å². The first-order valence-electron chi connectivity index (χ1n) is 6.28. The Morgan fingerprint density at radius 3 is 2.78 bits per heavy atom. The van der Waals surface area contributed by atoms with Crippen LogP contribution in [0.3, 0.4) is 0 Å². The molecule has 1 atom stereocenters. The van der Waals surface area contributed by atoms with Gasteiger partial charge in [-0.15, -0.1) is 0 Å².